The third-order valence-corrected chi connectivity index (χ3v) is 3.77. The molecule has 2 aromatic rings. The van der Waals surface area contributed by atoms with Crippen molar-refractivity contribution < 1.29 is 28.6 Å². The predicted molar refractivity (Wildman–Crippen MR) is 108 cm³/mol. The molecule has 0 heterocycles. The minimum atomic E-state index is -0.680. The van der Waals surface area contributed by atoms with Crippen molar-refractivity contribution >= 4 is 29.5 Å². The predicted octanol–water partition coefficient (Wildman–Crippen LogP) is 2.26. The zero-order valence-electron chi connectivity index (χ0n) is 16.4. The molecule has 0 spiro atoms. The van der Waals surface area contributed by atoms with Gasteiger partial charge in [-0.25, -0.2) is 4.79 Å². The van der Waals surface area contributed by atoms with Gasteiger partial charge in [0.1, 0.15) is 11.5 Å². The standard InChI is InChI=1S/C21H22N2O6/c1-22-21(26)15-5-4-6-16(11-15)23-19(24)13-29-20(25)8-7-14-9-17(27-2)12-18(10-14)28-3/h4-12H,13H2,1-3H3,(H,22,26)(H,23,24)/b8-7+. The molecule has 0 aromatic heterocycles. The van der Waals surface area contributed by atoms with Gasteiger partial charge in [0.15, 0.2) is 6.61 Å². The first-order valence-electron chi connectivity index (χ1n) is 8.65. The van der Waals surface area contributed by atoms with Crippen molar-refractivity contribution in [1.29, 1.82) is 0 Å². The van der Waals surface area contributed by atoms with Gasteiger partial charge in [0.05, 0.1) is 14.2 Å². The Bertz CT molecular complexity index is 901. The Morgan fingerprint density at radius 3 is 2.31 bits per heavy atom. The number of amides is 2. The van der Waals surface area contributed by atoms with E-state index in [9.17, 15) is 14.4 Å². The summed E-state index contributed by atoms with van der Waals surface area (Å²) >= 11 is 0. The van der Waals surface area contributed by atoms with Gasteiger partial charge in [-0.05, 0) is 42.0 Å². The second-order valence-corrected chi connectivity index (χ2v) is 5.80. The number of ether oxygens (including phenoxy) is 3. The van der Waals surface area contributed by atoms with Crippen molar-refractivity contribution in [1.82, 2.24) is 5.32 Å². The topological polar surface area (TPSA) is 103 Å². The van der Waals surface area contributed by atoms with Crippen LogP contribution in [0.3, 0.4) is 0 Å². The molecule has 0 unspecified atom stereocenters. The number of benzene rings is 2. The number of esters is 1. The normalized spacial score (nSPS) is 10.3. The van der Waals surface area contributed by atoms with E-state index in [0.29, 0.717) is 28.3 Å². The van der Waals surface area contributed by atoms with Crippen molar-refractivity contribution in [3.63, 3.8) is 0 Å². The van der Waals surface area contributed by atoms with Gasteiger partial charge >= 0.3 is 5.97 Å². The lowest BCUT2D eigenvalue weighted by Gasteiger charge is -2.07. The highest BCUT2D eigenvalue weighted by Gasteiger charge is 2.08. The molecule has 152 valence electrons. The molecule has 2 aromatic carbocycles. The average Bonchev–Trinajstić information content (AvgIpc) is 2.75. The lowest BCUT2D eigenvalue weighted by Crippen LogP contribution is -2.21. The van der Waals surface area contributed by atoms with Crippen LogP contribution in [-0.2, 0) is 14.3 Å². The molecule has 0 saturated heterocycles. The van der Waals surface area contributed by atoms with Crippen molar-refractivity contribution in [2.24, 2.45) is 0 Å². The molecular formula is C21H22N2O6. The summed E-state index contributed by atoms with van der Waals surface area (Å²) < 4.78 is 15.3. The van der Waals surface area contributed by atoms with E-state index in [1.165, 1.54) is 39.5 Å². The second kappa shape index (κ2) is 10.5. The average molecular weight is 398 g/mol. The fourth-order valence-electron chi connectivity index (χ4n) is 2.35. The number of hydrogen-bond donors (Lipinski definition) is 2. The second-order valence-electron chi connectivity index (χ2n) is 5.80. The summed E-state index contributed by atoms with van der Waals surface area (Å²) in [5, 5.41) is 5.07. The number of anilines is 1. The maximum atomic E-state index is 12.0. The molecule has 2 amide bonds. The molecular weight excluding hydrogens is 376 g/mol. The number of rotatable bonds is 8. The van der Waals surface area contributed by atoms with Crippen LogP contribution in [0.4, 0.5) is 5.69 Å². The van der Waals surface area contributed by atoms with E-state index in [4.69, 9.17) is 14.2 Å². The molecule has 0 bridgehead atoms. The minimum Gasteiger partial charge on any atom is -0.497 e. The number of carbonyl (C=O) groups excluding carboxylic acids is 3. The molecule has 0 aliphatic heterocycles. The van der Waals surface area contributed by atoms with Crippen molar-refractivity contribution in [3.05, 3.63) is 59.7 Å². The Morgan fingerprint density at radius 1 is 1.00 bits per heavy atom. The first-order valence-corrected chi connectivity index (χ1v) is 8.65. The summed E-state index contributed by atoms with van der Waals surface area (Å²) in [4.78, 5) is 35.4. The Hall–Kier alpha value is -3.81. The van der Waals surface area contributed by atoms with Gasteiger partial charge in [-0.3, -0.25) is 9.59 Å². The third kappa shape index (κ3) is 6.69. The number of nitrogens with one attached hydrogen (secondary N) is 2. The molecule has 0 radical (unpaired) electrons. The van der Waals surface area contributed by atoms with Gasteiger partial charge in [-0.15, -0.1) is 0 Å². The molecule has 8 heteroatoms. The summed E-state index contributed by atoms with van der Waals surface area (Å²) in [6.45, 7) is -0.463. The maximum Gasteiger partial charge on any atom is 0.331 e. The van der Waals surface area contributed by atoms with Crippen LogP contribution in [0.15, 0.2) is 48.5 Å². The Labute approximate surface area is 168 Å². The van der Waals surface area contributed by atoms with Crippen molar-refractivity contribution in [2.45, 2.75) is 0 Å². The molecule has 2 rings (SSSR count). The van der Waals surface area contributed by atoms with E-state index in [1.807, 2.05) is 0 Å². The largest absolute Gasteiger partial charge is 0.497 e. The summed E-state index contributed by atoms with van der Waals surface area (Å²) in [7, 11) is 4.57. The summed E-state index contributed by atoms with van der Waals surface area (Å²) in [5.41, 5.74) is 1.50. The van der Waals surface area contributed by atoms with Gasteiger partial charge in [-0.2, -0.15) is 0 Å². The fourth-order valence-corrected chi connectivity index (χ4v) is 2.35. The van der Waals surface area contributed by atoms with E-state index < -0.39 is 18.5 Å². The number of carbonyl (C=O) groups is 3. The van der Waals surface area contributed by atoms with Crippen molar-refractivity contribution in [3.8, 4) is 11.5 Å². The van der Waals surface area contributed by atoms with Crippen molar-refractivity contribution in [2.75, 3.05) is 33.2 Å². The molecule has 0 aliphatic rings. The summed E-state index contributed by atoms with van der Waals surface area (Å²) in [5.74, 6) is -0.316. The highest BCUT2D eigenvalue weighted by Crippen LogP contribution is 2.23. The molecule has 0 atom stereocenters. The Kier molecular flexibility index (Phi) is 7.78. The highest BCUT2D eigenvalue weighted by atomic mass is 16.5. The van der Waals surface area contributed by atoms with Crippen LogP contribution in [0.5, 0.6) is 11.5 Å². The minimum absolute atomic E-state index is 0.271. The van der Waals surface area contributed by atoms with Crippen LogP contribution in [0.25, 0.3) is 6.08 Å². The van der Waals surface area contributed by atoms with Gasteiger partial charge in [0.2, 0.25) is 0 Å². The Balaban J connectivity index is 1.90. The number of hydrogen-bond acceptors (Lipinski definition) is 6. The molecule has 0 fully saturated rings. The van der Waals surface area contributed by atoms with E-state index in [0.717, 1.165) is 0 Å². The zero-order chi connectivity index (χ0) is 21.2. The first-order chi connectivity index (χ1) is 13.9. The molecule has 29 heavy (non-hydrogen) atoms. The smallest absolute Gasteiger partial charge is 0.331 e. The number of methoxy groups -OCH3 is 2. The van der Waals surface area contributed by atoms with Gasteiger partial charge in [0.25, 0.3) is 11.8 Å². The quantitative estimate of drug-likeness (QED) is 0.522. The van der Waals surface area contributed by atoms with Crippen LogP contribution in [0.2, 0.25) is 0 Å². The molecule has 8 nitrogen and oxygen atoms in total. The monoisotopic (exact) mass is 398 g/mol. The van der Waals surface area contributed by atoms with Gasteiger partial charge < -0.3 is 24.8 Å². The summed E-state index contributed by atoms with van der Waals surface area (Å²) in [6, 6.07) is 11.6. The first kappa shape index (κ1) is 21.5. The van der Waals surface area contributed by atoms with E-state index in [-0.39, 0.29) is 5.91 Å². The van der Waals surface area contributed by atoms with Crippen LogP contribution in [0.1, 0.15) is 15.9 Å². The zero-order valence-corrected chi connectivity index (χ0v) is 16.4. The van der Waals surface area contributed by atoms with Gasteiger partial charge in [0, 0.05) is 30.4 Å². The van der Waals surface area contributed by atoms with Crippen LogP contribution >= 0.6 is 0 Å². The Morgan fingerprint density at radius 2 is 1.69 bits per heavy atom. The van der Waals surface area contributed by atoms with E-state index >= 15 is 0 Å². The van der Waals surface area contributed by atoms with Crippen LogP contribution < -0.4 is 20.1 Å². The summed E-state index contributed by atoms with van der Waals surface area (Å²) in [6.07, 6.45) is 2.73. The fraction of sp³-hybridized carbons (Fsp3) is 0.190. The van der Waals surface area contributed by atoms with Gasteiger partial charge in [-0.1, -0.05) is 6.07 Å². The van der Waals surface area contributed by atoms with Crippen LogP contribution in [-0.4, -0.2) is 45.7 Å². The lowest BCUT2D eigenvalue weighted by molar-refractivity contribution is -0.142. The lowest BCUT2D eigenvalue weighted by atomic mass is 10.2. The molecule has 0 aliphatic carbocycles. The third-order valence-electron chi connectivity index (χ3n) is 3.77. The molecule has 2 N–H and O–H groups in total. The van der Waals surface area contributed by atoms with E-state index in [2.05, 4.69) is 10.6 Å². The van der Waals surface area contributed by atoms with E-state index in [1.54, 1.807) is 36.4 Å². The van der Waals surface area contributed by atoms with Crippen LogP contribution in [0, 0.1) is 0 Å². The maximum absolute atomic E-state index is 12.0. The SMILES string of the molecule is CNC(=O)c1cccc(NC(=O)COC(=O)/C=C/c2cc(OC)cc(OC)c2)c1. The highest BCUT2D eigenvalue weighted by molar-refractivity contribution is 5.98. The molecule has 0 saturated carbocycles.